The van der Waals surface area contributed by atoms with Gasteiger partial charge in [0.15, 0.2) is 0 Å². The lowest BCUT2D eigenvalue weighted by atomic mass is 10.1. The fraction of sp³-hybridized carbons (Fsp3) is 0.278. The van der Waals surface area contributed by atoms with Crippen molar-refractivity contribution in [3.05, 3.63) is 48.0 Å². The highest BCUT2D eigenvalue weighted by atomic mass is 16.5. The summed E-state index contributed by atoms with van der Waals surface area (Å²) in [5.74, 6) is 0.599. The Labute approximate surface area is 140 Å². The molecule has 6 nitrogen and oxygen atoms in total. The number of nitrogens with one attached hydrogen (secondary N) is 1. The van der Waals surface area contributed by atoms with Gasteiger partial charge in [0.25, 0.3) is 5.91 Å². The third kappa shape index (κ3) is 3.22. The van der Waals surface area contributed by atoms with Crippen LogP contribution in [0.15, 0.2) is 42.5 Å². The van der Waals surface area contributed by atoms with Crippen LogP contribution in [-0.2, 0) is 0 Å². The average Bonchev–Trinajstić information content (AvgIpc) is 3.00. The van der Waals surface area contributed by atoms with Gasteiger partial charge in [0.2, 0.25) is 0 Å². The molecular formula is C18H20N4O2. The Balaban J connectivity index is 1.78. The highest BCUT2D eigenvalue weighted by molar-refractivity contribution is 6.05. The van der Waals surface area contributed by atoms with Crippen molar-refractivity contribution in [2.24, 2.45) is 0 Å². The Morgan fingerprint density at radius 2 is 1.96 bits per heavy atom. The molecule has 124 valence electrons. The molecule has 0 atom stereocenters. The van der Waals surface area contributed by atoms with E-state index >= 15 is 0 Å². The zero-order valence-electron chi connectivity index (χ0n) is 14.0. The zero-order valence-corrected chi connectivity index (χ0v) is 14.0. The van der Waals surface area contributed by atoms with Gasteiger partial charge in [0.1, 0.15) is 11.3 Å². The molecule has 0 radical (unpaired) electrons. The second kappa shape index (κ2) is 6.70. The number of carbonyl (C=O) groups excluding carboxylic acids is 1. The summed E-state index contributed by atoms with van der Waals surface area (Å²) in [5.41, 5.74) is 2.90. The number of hydrogen-bond donors (Lipinski definition) is 1. The zero-order chi connectivity index (χ0) is 17.1. The van der Waals surface area contributed by atoms with Gasteiger partial charge in [-0.05, 0) is 63.2 Å². The summed E-state index contributed by atoms with van der Waals surface area (Å²) in [4.78, 5) is 12.4. The number of carbonyl (C=O) groups is 1. The normalized spacial score (nSPS) is 11.0. The predicted molar refractivity (Wildman–Crippen MR) is 93.5 cm³/mol. The minimum absolute atomic E-state index is 0.180. The van der Waals surface area contributed by atoms with Gasteiger partial charge in [0, 0.05) is 17.3 Å². The van der Waals surface area contributed by atoms with Gasteiger partial charge in [-0.2, -0.15) is 0 Å². The maximum atomic E-state index is 12.4. The molecule has 3 aromatic rings. The van der Waals surface area contributed by atoms with Crippen LogP contribution in [0.2, 0.25) is 0 Å². The van der Waals surface area contributed by atoms with Gasteiger partial charge in [-0.25, -0.2) is 4.68 Å². The molecule has 0 spiro atoms. The van der Waals surface area contributed by atoms with Gasteiger partial charge in [-0.15, -0.1) is 5.10 Å². The number of hydrogen-bond acceptors (Lipinski definition) is 4. The summed E-state index contributed by atoms with van der Waals surface area (Å²) < 4.78 is 7.23. The van der Waals surface area contributed by atoms with Gasteiger partial charge in [-0.1, -0.05) is 5.21 Å². The first-order valence-corrected chi connectivity index (χ1v) is 7.97. The number of nitrogens with zero attached hydrogens (tertiary/aromatic N) is 3. The first-order chi connectivity index (χ1) is 11.6. The molecule has 0 bridgehead atoms. The first-order valence-electron chi connectivity index (χ1n) is 7.97. The second-order valence-corrected chi connectivity index (χ2v) is 5.74. The highest BCUT2D eigenvalue weighted by Gasteiger charge is 2.12. The molecule has 2 aromatic carbocycles. The molecule has 1 N–H and O–H groups in total. The molecule has 24 heavy (non-hydrogen) atoms. The summed E-state index contributed by atoms with van der Waals surface area (Å²) in [7, 11) is 0. The molecule has 0 saturated heterocycles. The van der Waals surface area contributed by atoms with Crippen LogP contribution in [0.1, 0.15) is 37.2 Å². The summed E-state index contributed by atoms with van der Waals surface area (Å²) in [6, 6.07) is 12.9. The molecule has 0 aliphatic rings. The Hall–Kier alpha value is -2.89. The number of amides is 1. The van der Waals surface area contributed by atoms with Crippen LogP contribution in [0.5, 0.6) is 5.75 Å². The van der Waals surface area contributed by atoms with E-state index in [2.05, 4.69) is 15.6 Å². The average molecular weight is 324 g/mol. The van der Waals surface area contributed by atoms with Crippen LogP contribution in [-0.4, -0.2) is 27.5 Å². The lowest BCUT2D eigenvalue weighted by molar-refractivity contribution is 0.102. The topological polar surface area (TPSA) is 69.0 Å². The molecule has 6 heteroatoms. The maximum Gasteiger partial charge on any atom is 0.255 e. The quantitative estimate of drug-likeness (QED) is 0.777. The molecule has 1 amide bonds. The molecule has 0 aliphatic carbocycles. The van der Waals surface area contributed by atoms with Crippen molar-refractivity contribution >= 4 is 22.6 Å². The predicted octanol–water partition coefficient (Wildman–Crippen LogP) is 3.66. The summed E-state index contributed by atoms with van der Waals surface area (Å²) in [6.45, 7) is 6.63. The summed E-state index contributed by atoms with van der Waals surface area (Å²) in [5, 5.41) is 11.1. The number of benzene rings is 2. The van der Waals surface area contributed by atoms with E-state index in [-0.39, 0.29) is 11.9 Å². The first kappa shape index (κ1) is 16.0. The second-order valence-electron chi connectivity index (χ2n) is 5.74. The van der Waals surface area contributed by atoms with E-state index in [1.807, 2.05) is 55.8 Å². The number of fused-ring (bicyclic) bond motifs is 1. The van der Waals surface area contributed by atoms with E-state index in [0.717, 1.165) is 17.0 Å². The number of rotatable bonds is 5. The van der Waals surface area contributed by atoms with Crippen molar-refractivity contribution in [2.75, 3.05) is 11.9 Å². The van der Waals surface area contributed by atoms with Gasteiger partial charge in [-0.3, -0.25) is 4.79 Å². The molecule has 0 fully saturated rings. The lowest BCUT2D eigenvalue weighted by Crippen LogP contribution is -2.11. The van der Waals surface area contributed by atoms with Crippen LogP contribution in [0.25, 0.3) is 11.0 Å². The Kier molecular flexibility index (Phi) is 4.46. The smallest absolute Gasteiger partial charge is 0.255 e. The van der Waals surface area contributed by atoms with Crippen molar-refractivity contribution in [2.45, 2.75) is 26.8 Å². The molecule has 0 aliphatic heterocycles. The van der Waals surface area contributed by atoms with Crippen molar-refractivity contribution in [3.63, 3.8) is 0 Å². The Morgan fingerprint density at radius 1 is 1.21 bits per heavy atom. The van der Waals surface area contributed by atoms with Crippen molar-refractivity contribution in [1.29, 1.82) is 0 Å². The van der Waals surface area contributed by atoms with E-state index in [4.69, 9.17) is 4.74 Å². The van der Waals surface area contributed by atoms with E-state index in [1.54, 1.807) is 12.1 Å². The van der Waals surface area contributed by atoms with Crippen molar-refractivity contribution < 1.29 is 9.53 Å². The molecule has 3 rings (SSSR count). The third-order valence-electron chi connectivity index (χ3n) is 3.65. The van der Waals surface area contributed by atoms with Gasteiger partial charge >= 0.3 is 0 Å². The highest BCUT2D eigenvalue weighted by Crippen LogP contribution is 2.19. The minimum Gasteiger partial charge on any atom is -0.494 e. The minimum atomic E-state index is -0.180. The van der Waals surface area contributed by atoms with Crippen molar-refractivity contribution in [1.82, 2.24) is 15.0 Å². The fourth-order valence-electron chi connectivity index (χ4n) is 2.47. The van der Waals surface area contributed by atoms with Crippen LogP contribution in [0.3, 0.4) is 0 Å². The lowest BCUT2D eigenvalue weighted by Gasteiger charge is -2.08. The number of anilines is 1. The Bertz CT molecular complexity index is 853. The van der Waals surface area contributed by atoms with Crippen LogP contribution < -0.4 is 10.1 Å². The molecule has 0 unspecified atom stereocenters. The van der Waals surface area contributed by atoms with E-state index in [1.165, 1.54) is 0 Å². The number of aromatic nitrogens is 3. The van der Waals surface area contributed by atoms with Crippen molar-refractivity contribution in [3.8, 4) is 5.75 Å². The molecule has 1 aromatic heterocycles. The third-order valence-corrected chi connectivity index (χ3v) is 3.65. The van der Waals surface area contributed by atoms with Crippen LogP contribution in [0, 0.1) is 0 Å². The van der Waals surface area contributed by atoms with Gasteiger partial charge in [0.05, 0.1) is 12.1 Å². The van der Waals surface area contributed by atoms with E-state index in [0.29, 0.717) is 17.7 Å². The standard InChI is InChI=1S/C18H20N4O2/c1-4-24-15-8-6-14(7-9-15)19-18(23)13-5-10-17-16(11-13)20-21-22(17)12(2)3/h5-12H,4H2,1-3H3,(H,19,23). The SMILES string of the molecule is CCOc1ccc(NC(=O)c2ccc3c(c2)nnn3C(C)C)cc1. The monoisotopic (exact) mass is 324 g/mol. The Morgan fingerprint density at radius 3 is 2.62 bits per heavy atom. The fourth-order valence-corrected chi connectivity index (χ4v) is 2.47. The van der Waals surface area contributed by atoms with E-state index < -0.39 is 0 Å². The van der Waals surface area contributed by atoms with Crippen LogP contribution >= 0.6 is 0 Å². The molecular weight excluding hydrogens is 304 g/mol. The van der Waals surface area contributed by atoms with E-state index in [9.17, 15) is 4.79 Å². The number of ether oxygens (including phenoxy) is 1. The molecule has 1 heterocycles. The van der Waals surface area contributed by atoms with Crippen LogP contribution in [0.4, 0.5) is 5.69 Å². The molecule has 0 saturated carbocycles. The summed E-state index contributed by atoms with van der Waals surface area (Å²) >= 11 is 0. The summed E-state index contributed by atoms with van der Waals surface area (Å²) in [6.07, 6.45) is 0. The largest absolute Gasteiger partial charge is 0.494 e. The maximum absolute atomic E-state index is 12.4. The van der Waals surface area contributed by atoms with Gasteiger partial charge < -0.3 is 10.1 Å².